The summed E-state index contributed by atoms with van der Waals surface area (Å²) in [6.45, 7) is 8.25. The van der Waals surface area contributed by atoms with Crippen molar-refractivity contribution in [2.45, 2.75) is 52.4 Å². The van der Waals surface area contributed by atoms with Crippen molar-refractivity contribution in [2.75, 3.05) is 16.0 Å². The molecule has 0 saturated carbocycles. The van der Waals surface area contributed by atoms with E-state index in [9.17, 15) is 24.6 Å². The number of amides is 3. The highest BCUT2D eigenvalue weighted by atomic mass is 16.6. The van der Waals surface area contributed by atoms with E-state index in [0.29, 0.717) is 22.5 Å². The van der Waals surface area contributed by atoms with Crippen molar-refractivity contribution in [3.63, 3.8) is 0 Å². The van der Waals surface area contributed by atoms with E-state index >= 15 is 0 Å². The molecule has 3 rings (SSSR count). The van der Waals surface area contributed by atoms with Gasteiger partial charge in [-0.3, -0.25) is 14.9 Å². The van der Waals surface area contributed by atoms with Crippen LogP contribution in [-0.4, -0.2) is 45.9 Å². The van der Waals surface area contributed by atoms with Gasteiger partial charge in [-0.2, -0.15) is 0 Å². The van der Waals surface area contributed by atoms with Gasteiger partial charge >= 0.3 is 6.09 Å². The van der Waals surface area contributed by atoms with Crippen LogP contribution in [0.25, 0.3) is 0 Å². The minimum Gasteiger partial charge on any atom is -0.444 e. The molecule has 9 heteroatoms. The zero-order valence-electron chi connectivity index (χ0n) is 24.0. The number of aliphatic hydroxyl groups excluding tert-OH is 2. The molecule has 0 bridgehead atoms. The Morgan fingerprint density at radius 3 is 1.55 bits per heavy atom. The lowest BCUT2D eigenvalue weighted by Gasteiger charge is -2.20. The fraction of sp³-hybridized carbons (Fsp3) is 0.242. The first-order chi connectivity index (χ1) is 19.8. The predicted octanol–water partition coefficient (Wildman–Crippen LogP) is 5.00. The third-order valence-electron chi connectivity index (χ3n) is 5.19. The molecule has 2 atom stereocenters. The van der Waals surface area contributed by atoms with E-state index in [0.717, 1.165) is 0 Å². The summed E-state index contributed by atoms with van der Waals surface area (Å²) in [4.78, 5) is 39.0. The molecule has 3 aromatic carbocycles. The molecule has 0 heterocycles. The number of hydrogen-bond acceptors (Lipinski definition) is 6. The molecule has 0 aliphatic heterocycles. The zero-order chi connectivity index (χ0) is 30.9. The summed E-state index contributed by atoms with van der Waals surface area (Å²) in [5, 5.41) is 27.0. The molecule has 0 radical (unpaired) electrons. The van der Waals surface area contributed by atoms with Gasteiger partial charge in [0.25, 0.3) is 11.8 Å². The first kappa shape index (κ1) is 31.4. The van der Waals surface area contributed by atoms with Crippen LogP contribution in [0.15, 0.2) is 66.7 Å². The standard InChI is InChI=1S/C33H33N3O6/c1-21(37)12-14-23-8-6-10-27(16-23)34-30(39)25-18-26(20-29(19-25)36-32(41)42-33(3,4)5)31(40)35-28-11-7-9-24(17-28)15-13-22(2)38/h6-11,16-22,37-38H,1-5H3,(H,34,39)(H,35,40)(H,36,41). The second kappa shape index (κ2) is 14.0. The number of anilines is 3. The van der Waals surface area contributed by atoms with Gasteiger partial charge in [0.2, 0.25) is 0 Å². The summed E-state index contributed by atoms with van der Waals surface area (Å²) in [5.74, 6) is 9.88. The Morgan fingerprint density at radius 1 is 0.690 bits per heavy atom. The van der Waals surface area contributed by atoms with E-state index in [2.05, 4.69) is 39.6 Å². The van der Waals surface area contributed by atoms with Crippen molar-refractivity contribution in [2.24, 2.45) is 0 Å². The quantitative estimate of drug-likeness (QED) is 0.275. The van der Waals surface area contributed by atoms with Gasteiger partial charge < -0.3 is 25.6 Å². The minimum atomic E-state index is -0.798. The van der Waals surface area contributed by atoms with Crippen LogP contribution in [0.4, 0.5) is 21.9 Å². The van der Waals surface area contributed by atoms with Crippen LogP contribution in [-0.2, 0) is 4.74 Å². The van der Waals surface area contributed by atoms with E-state index < -0.39 is 35.7 Å². The fourth-order valence-corrected chi connectivity index (χ4v) is 3.51. The van der Waals surface area contributed by atoms with Crippen molar-refractivity contribution in [1.29, 1.82) is 0 Å². The van der Waals surface area contributed by atoms with Crippen molar-refractivity contribution < 1.29 is 29.3 Å². The maximum absolute atomic E-state index is 13.3. The highest BCUT2D eigenvalue weighted by Gasteiger charge is 2.19. The van der Waals surface area contributed by atoms with Gasteiger partial charge in [0.05, 0.1) is 0 Å². The number of carbonyl (C=O) groups is 3. The summed E-state index contributed by atoms with van der Waals surface area (Å²) in [7, 11) is 0. The van der Waals surface area contributed by atoms with E-state index in [4.69, 9.17) is 4.74 Å². The molecule has 0 aliphatic carbocycles. The molecular formula is C33H33N3O6. The summed E-state index contributed by atoms with van der Waals surface area (Å²) < 4.78 is 5.33. The average molecular weight is 568 g/mol. The Hall–Kier alpha value is -5.09. The number of benzene rings is 3. The maximum Gasteiger partial charge on any atom is 0.412 e. The Morgan fingerprint density at radius 2 is 1.14 bits per heavy atom. The van der Waals surface area contributed by atoms with Gasteiger partial charge in [0, 0.05) is 39.3 Å². The smallest absolute Gasteiger partial charge is 0.412 e. The largest absolute Gasteiger partial charge is 0.444 e. The van der Waals surface area contributed by atoms with Crippen LogP contribution >= 0.6 is 0 Å². The van der Waals surface area contributed by atoms with Gasteiger partial charge in [0.15, 0.2) is 0 Å². The number of aliphatic hydroxyl groups is 2. The molecule has 0 aromatic heterocycles. The van der Waals surface area contributed by atoms with Crippen molar-refractivity contribution in [1.82, 2.24) is 0 Å². The first-order valence-electron chi connectivity index (χ1n) is 13.1. The number of hydrogen-bond donors (Lipinski definition) is 5. The van der Waals surface area contributed by atoms with Gasteiger partial charge in [-0.1, -0.05) is 35.8 Å². The molecule has 0 spiro atoms. The Balaban J connectivity index is 1.91. The summed E-state index contributed by atoms with van der Waals surface area (Å²) in [5.41, 5.74) is 1.70. The fourth-order valence-electron chi connectivity index (χ4n) is 3.51. The highest BCUT2D eigenvalue weighted by molar-refractivity contribution is 6.10. The van der Waals surface area contributed by atoms with Crippen LogP contribution in [0.2, 0.25) is 0 Å². The van der Waals surface area contributed by atoms with Gasteiger partial charge in [-0.15, -0.1) is 0 Å². The van der Waals surface area contributed by atoms with Gasteiger partial charge in [0.1, 0.15) is 17.8 Å². The lowest BCUT2D eigenvalue weighted by atomic mass is 10.1. The highest BCUT2D eigenvalue weighted by Crippen LogP contribution is 2.21. The molecule has 0 aliphatic rings. The lowest BCUT2D eigenvalue weighted by molar-refractivity contribution is 0.0635. The van der Waals surface area contributed by atoms with E-state index in [-0.39, 0.29) is 16.8 Å². The SMILES string of the molecule is CC(O)C#Cc1cccc(NC(=O)c2cc(NC(=O)OC(C)(C)C)cc(C(=O)Nc3cccc(C#CC(C)O)c3)c2)c1. The third-order valence-corrected chi connectivity index (χ3v) is 5.19. The van der Waals surface area contributed by atoms with Crippen molar-refractivity contribution in [3.8, 4) is 23.7 Å². The van der Waals surface area contributed by atoms with Crippen molar-refractivity contribution >= 4 is 35.0 Å². The number of nitrogens with one attached hydrogen (secondary N) is 3. The number of rotatable bonds is 5. The molecule has 3 aromatic rings. The summed E-state index contributed by atoms with van der Waals surface area (Å²) in [6, 6.07) is 17.8. The van der Waals surface area contributed by atoms with E-state index in [1.54, 1.807) is 83.1 Å². The van der Waals surface area contributed by atoms with E-state index in [1.807, 2.05) is 0 Å². The molecule has 9 nitrogen and oxygen atoms in total. The van der Waals surface area contributed by atoms with Crippen LogP contribution in [0, 0.1) is 23.7 Å². The van der Waals surface area contributed by atoms with Crippen LogP contribution in [0.1, 0.15) is 66.5 Å². The monoisotopic (exact) mass is 567 g/mol. The average Bonchev–Trinajstić information content (AvgIpc) is 2.90. The van der Waals surface area contributed by atoms with Crippen molar-refractivity contribution in [3.05, 3.63) is 89.0 Å². The normalized spacial score (nSPS) is 11.9. The first-order valence-corrected chi connectivity index (χ1v) is 13.1. The molecule has 3 amide bonds. The summed E-state index contributed by atoms with van der Waals surface area (Å²) >= 11 is 0. The van der Waals surface area contributed by atoms with Gasteiger partial charge in [-0.25, -0.2) is 4.79 Å². The van der Waals surface area contributed by atoms with Crippen LogP contribution in [0.3, 0.4) is 0 Å². The second-order valence-corrected chi connectivity index (χ2v) is 10.4. The third kappa shape index (κ3) is 10.5. The zero-order valence-corrected chi connectivity index (χ0v) is 24.0. The van der Waals surface area contributed by atoms with Crippen LogP contribution in [0.5, 0.6) is 0 Å². The molecule has 0 fully saturated rings. The predicted molar refractivity (Wildman–Crippen MR) is 162 cm³/mol. The Bertz CT molecular complexity index is 1500. The summed E-state index contributed by atoms with van der Waals surface area (Å²) in [6.07, 6.45) is -2.35. The number of carbonyl (C=O) groups excluding carboxylic acids is 3. The van der Waals surface area contributed by atoms with Crippen LogP contribution < -0.4 is 16.0 Å². The molecule has 5 N–H and O–H groups in total. The number of ether oxygens (including phenoxy) is 1. The van der Waals surface area contributed by atoms with E-state index in [1.165, 1.54) is 18.2 Å². The lowest BCUT2D eigenvalue weighted by Crippen LogP contribution is -2.27. The second-order valence-electron chi connectivity index (χ2n) is 10.4. The molecule has 216 valence electrons. The minimum absolute atomic E-state index is 0.103. The molecular weight excluding hydrogens is 534 g/mol. The Labute approximate surface area is 245 Å². The molecule has 42 heavy (non-hydrogen) atoms. The molecule has 0 saturated heterocycles. The van der Waals surface area contributed by atoms with Gasteiger partial charge in [-0.05, 0) is 89.2 Å². The Kier molecular flexibility index (Phi) is 10.5. The molecule has 2 unspecified atom stereocenters. The topological polar surface area (TPSA) is 137 Å². The maximum atomic E-state index is 13.3.